The minimum atomic E-state index is -0.0280. The Kier molecular flexibility index (Phi) is 5.09. The number of ketones is 1. The van der Waals surface area contributed by atoms with Crippen LogP contribution in [0.5, 0.6) is 0 Å². The Balaban J connectivity index is 1.36. The highest BCUT2D eigenvalue weighted by Gasteiger charge is 2.20. The zero-order chi connectivity index (χ0) is 18.8. The molecule has 27 heavy (non-hydrogen) atoms. The Bertz CT molecular complexity index is 1040. The van der Waals surface area contributed by atoms with Crippen molar-refractivity contribution in [1.82, 2.24) is 14.9 Å². The molecule has 3 aromatic heterocycles. The quantitative estimate of drug-likeness (QED) is 0.639. The summed E-state index contributed by atoms with van der Waals surface area (Å²) in [4.78, 5) is 34.5. The molecule has 7 heteroatoms. The first-order chi connectivity index (χ1) is 13.1. The van der Waals surface area contributed by atoms with Crippen LogP contribution in [0.25, 0.3) is 16.6 Å². The molecule has 3 aromatic rings. The lowest BCUT2D eigenvalue weighted by atomic mass is 9.99. The van der Waals surface area contributed by atoms with Gasteiger partial charge in [-0.15, -0.1) is 11.3 Å². The minimum Gasteiger partial charge on any atom is -0.346 e. The van der Waals surface area contributed by atoms with Gasteiger partial charge in [-0.05, 0) is 36.3 Å². The number of aromatic amines is 1. The molecule has 138 valence electrons. The topological polar surface area (TPSA) is 66.1 Å². The molecular weight excluding hydrogens is 382 g/mol. The van der Waals surface area contributed by atoms with Crippen molar-refractivity contribution in [2.45, 2.75) is 19.3 Å². The fourth-order valence-corrected chi connectivity index (χ4v) is 4.34. The van der Waals surface area contributed by atoms with E-state index in [1.807, 2.05) is 17.2 Å². The fourth-order valence-electron chi connectivity index (χ4n) is 3.33. The molecule has 0 fully saturated rings. The number of pyridine rings is 1. The van der Waals surface area contributed by atoms with Crippen LogP contribution in [0.1, 0.15) is 34.5 Å². The monoisotopic (exact) mass is 399 g/mol. The highest BCUT2D eigenvalue weighted by Crippen LogP contribution is 2.28. The third kappa shape index (κ3) is 3.82. The van der Waals surface area contributed by atoms with Crippen LogP contribution in [-0.2, 0) is 4.79 Å². The van der Waals surface area contributed by atoms with Crippen molar-refractivity contribution in [2.75, 3.05) is 13.1 Å². The van der Waals surface area contributed by atoms with E-state index in [0.717, 1.165) is 23.0 Å². The lowest BCUT2D eigenvalue weighted by Crippen LogP contribution is -2.34. The Morgan fingerprint density at radius 3 is 2.89 bits per heavy atom. The van der Waals surface area contributed by atoms with Crippen LogP contribution in [0.3, 0.4) is 0 Å². The maximum Gasteiger partial charge on any atom is 0.223 e. The van der Waals surface area contributed by atoms with Gasteiger partial charge in [0.05, 0.1) is 9.21 Å². The molecule has 0 radical (unpaired) electrons. The van der Waals surface area contributed by atoms with Gasteiger partial charge in [0.25, 0.3) is 0 Å². The first kappa shape index (κ1) is 17.9. The van der Waals surface area contributed by atoms with Crippen LogP contribution in [0, 0.1) is 0 Å². The van der Waals surface area contributed by atoms with Crippen LogP contribution in [-0.4, -0.2) is 39.6 Å². The number of fused-ring (bicyclic) bond motifs is 1. The summed E-state index contributed by atoms with van der Waals surface area (Å²) in [7, 11) is 0. The Morgan fingerprint density at radius 2 is 2.15 bits per heavy atom. The number of rotatable bonds is 5. The van der Waals surface area contributed by atoms with Crippen molar-refractivity contribution < 1.29 is 9.59 Å². The molecule has 0 aliphatic carbocycles. The number of aromatic nitrogens is 2. The maximum atomic E-state index is 12.5. The molecule has 1 aliphatic rings. The Morgan fingerprint density at radius 1 is 1.26 bits per heavy atom. The number of carbonyl (C=O) groups excluding carboxylic acids is 2. The summed E-state index contributed by atoms with van der Waals surface area (Å²) in [6.45, 7) is 1.23. The van der Waals surface area contributed by atoms with E-state index in [1.54, 1.807) is 18.3 Å². The summed E-state index contributed by atoms with van der Waals surface area (Å²) in [5.41, 5.74) is 3.25. The molecule has 1 aliphatic heterocycles. The number of nitrogens with one attached hydrogen (secondary N) is 1. The fraction of sp³-hybridized carbons (Fsp3) is 0.250. The molecule has 1 N–H and O–H groups in total. The van der Waals surface area contributed by atoms with Gasteiger partial charge >= 0.3 is 0 Å². The summed E-state index contributed by atoms with van der Waals surface area (Å²) in [5.74, 6) is -0.0123. The largest absolute Gasteiger partial charge is 0.346 e. The maximum absolute atomic E-state index is 12.5. The van der Waals surface area contributed by atoms with Crippen LogP contribution in [0.4, 0.5) is 0 Å². The molecule has 4 heterocycles. The molecular formula is C20H18ClN3O2S. The number of thiophene rings is 1. The first-order valence-corrected chi connectivity index (χ1v) is 9.99. The molecule has 0 saturated carbocycles. The number of H-pyrrole nitrogens is 1. The van der Waals surface area contributed by atoms with E-state index < -0.39 is 0 Å². The normalized spacial score (nSPS) is 14.4. The number of hydrogen-bond donors (Lipinski definition) is 1. The van der Waals surface area contributed by atoms with E-state index in [2.05, 4.69) is 22.1 Å². The third-order valence-electron chi connectivity index (χ3n) is 4.77. The molecule has 0 spiro atoms. The zero-order valence-electron chi connectivity index (χ0n) is 14.6. The van der Waals surface area contributed by atoms with Crippen molar-refractivity contribution in [3.63, 3.8) is 0 Å². The molecule has 0 saturated heterocycles. The number of amides is 1. The van der Waals surface area contributed by atoms with Gasteiger partial charge in [0.2, 0.25) is 5.91 Å². The molecule has 0 bridgehead atoms. The highest BCUT2D eigenvalue weighted by atomic mass is 35.5. The van der Waals surface area contributed by atoms with Crippen LogP contribution in [0.2, 0.25) is 4.34 Å². The standard InChI is InChI=1S/C20H18ClN3O2S/c21-18-5-4-17(27-18)16(25)3-6-19(26)24-10-7-13(8-11-24)15-12-23-20-14(15)2-1-9-22-20/h1-2,4-5,7,9,12H,3,6,8,10-11H2,(H,22,23). The smallest absolute Gasteiger partial charge is 0.223 e. The molecule has 0 atom stereocenters. The second-order valence-corrected chi connectivity index (χ2v) is 8.16. The van der Waals surface area contributed by atoms with Crippen molar-refractivity contribution in [2.24, 2.45) is 0 Å². The third-order valence-corrected chi connectivity index (χ3v) is 6.05. The first-order valence-electron chi connectivity index (χ1n) is 8.79. The second-order valence-electron chi connectivity index (χ2n) is 6.45. The number of hydrogen-bond acceptors (Lipinski definition) is 4. The summed E-state index contributed by atoms with van der Waals surface area (Å²) in [6, 6.07) is 7.40. The molecule has 0 unspecified atom stereocenters. The summed E-state index contributed by atoms with van der Waals surface area (Å²) in [6.07, 6.45) is 7.08. The van der Waals surface area contributed by atoms with Crippen LogP contribution < -0.4 is 0 Å². The predicted molar refractivity (Wildman–Crippen MR) is 108 cm³/mol. The predicted octanol–water partition coefficient (Wildman–Crippen LogP) is 4.56. The second kappa shape index (κ2) is 7.66. The van der Waals surface area contributed by atoms with E-state index in [4.69, 9.17) is 11.6 Å². The van der Waals surface area contributed by atoms with Gasteiger partial charge in [-0.2, -0.15) is 0 Å². The number of nitrogens with zero attached hydrogens (tertiary/aromatic N) is 2. The Labute approximate surface area is 165 Å². The van der Waals surface area contributed by atoms with Gasteiger partial charge < -0.3 is 9.88 Å². The van der Waals surface area contributed by atoms with E-state index in [-0.39, 0.29) is 24.5 Å². The number of halogens is 1. The summed E-state index contributed by atoms with van der Waals surface area (Å²) < 4.78 is 0.589. The average Bonchev–Trinajstić information content (AvgIpc) is 3.32. The highest BCUT2D eigenvalue weighted by molar-refractivity contribution is 7.18. The van der Waals surface area contributed by atoms with E-state index in [1.165, 1.54) is 16.9 Å². The van der Waals surface area contributed by atoms with E-state index in [9.17, 15) is 9.59 Å². The SMILES string of the molecule is O=C(CCC(=O)N1CC=C(c2c[nH]c3ncccc23)CC1)c1ccc(Cl)s1. The van der Waals surface area contributed by atoms with E-state index >= 15 is 0 Å². The summed E-state index contributed by atoms with van der Waals surface area (Å²) >= 11 is 7.12. The van der Waals surface area contributed by atoms with E-state index in [0.29, 0.717) is 22.3 Å². The number of Topliss-reactive ketones (excluding diaryl/α,β-unsaturated/α-hetero) is 1. The lowest BCUT2D eigenvalue weighted by molar-refractivity contribution is -0.130. The molecule has 0 aromatic carbocycles. The molecule has 5 nitrogen and oxygen atoms in total. The lowest BCUT2D eigenvalue weighted by Gasteiger charge is -2.26. The van der Waals surface area contributed by atoms with Gasteiger partial charge in [-0.1, -0.05) is 17.7 Å². The van der Waals surface area contributed by atoms with Crippen molar-refractivity contribution in [3.8, 4) is 0 Å². The van der Waals surface area contributed by atoms with Gasteiger partial charge in [0.15, 0.2) is 5.78 Å². The van der Waals surface area contributed by atoms with Gasteiger partial charge in [0.1, 0.15) is 5.65 Å². The van der Waals surface area contributed by atoms with Crippen LogP contribution in [0.15, 0.2) is 42.7 Å². The van der Waals surface area contributed by atoms with Gasteiger partial charge in [-0.3, -0.25) is 9.59 Å². The van der Waals surface area contributed by atoms with Crippen molar-refractivity contribution in [3.05, 3.63) is 57.5 Å². The van der Waals surface area contributed by atoms with Crippen LogP contribution >= 0.6 is 22.9 Å². The Hall–Kier alpha value is -2.44. The van der Waals surface area contributed by atoms with Crippen molar-refractivity contribution >= 4 is 51.2 Å². The summed E-state index contributed by atoms with van der Waals surface area (Å²) in [5, 5.41) is 1.10. The number of carbonyl (C=O) groups is 2. The molecule has 4 rings (SSSR count). The minimum absolute atomic E-state index is 0.0156. The average molecular weight is 400 g/mol. The van der Waals surface area contributed by atoms with Crippen molar-refractivity contribution in [1.29, 1.82) is 0 Å². The zero-order valence-corrected chi connectivity index (χ0v) is 16.1. The van der Waals surface area contributed by atoms with Gasteiger partial charge in [-0.25, -0.2) is 4.98 Å². The molecule has 1 amide bonds. The van der Waals surface area contributed by atoms with Gasteiger partial charge in [0, 0.05) is 49.3 Å².